The zero-order valence-corrected chi connectivity index (χ0v) is 10.4. The molecule has 2 aromatic carbocycles. The van der Waals surface area contributed by atoms with E-state index in [0.29, 0.717) is 0 Å². The number of aryl methyl sites for hydroxylation is 2. The molecule has 2 heteroatoms. The molecule has 82 valence electrons. The van der Waals surface area contributed by atoms with Crippen LogP contribution in [0.25, 0.3) is 0 Å². The summed E-state index contributed by atoms with van der Waals surface area (Å²) in [6.45, 7) is 4.10. The average molecular weight is 230 g/mol. The topological polar surface area (TPSA) is 20.2 Å². The summed E-state index contributed by atoms with van der Waals surface area (Å²) in [5.74, 6) is 0. The van der Waals surface area contributed by atoms with Crippen LogP contribution >= 0.6 is 8.15 Å². The van der Waals surface area contributed by atoms with Crippen molar-refractivity contribution in [3.8, 4) is 0 Å². The Bertz CT molecular complexity index is 414. The van der Waals surface area contributed by atoms with Gasteiger partial charge in [0.25, 0.3) is 0 Å². The van der Waals surface area contributed by atoms with E-state index >= 15 is 0 Å². The van der Waals surface area contributed by atoms with Gasteiger partial charge in [-0.2, -0.15) is 0 Å². The number of benzene rings is 2. The van der Waals surface area contributed by atoms with Gasteiger partial charge >= 0.3 is 0 Å². The number of rotatable bonds is 2. The third kappa shape index (κ3) is 2.49. The van der Waals surface area contributed by atoms with Crippen LogP contribution in [0.1, 0.15) is 11.1 Å². The van der Waals surface area contributed by atoms with E-state index in [9.17, 15) is 4.89 Å². The Hall–Kier alpha value is -1.17. The summed E-state index contributed by atoms with van der Waals surface area (Å²) in [6.07, 6.45) is 0. The molecule has 1 N–H and O–H groups in total. The quantitative estimate of drug-likeness (QED) is 0.786. The van der Waals surface area contributed by atoms with Crippen LogP contribution in [-0.4, -0.2) is 4.89 Å². The Labute approximate surface area is 97.6 Å². The van der Waals surface area contributed by atoms with Crippen LogP contribution in [0.2, 0.25) is 0 Å². The second kappa shape index (κ2) is 4.78. The van der Waals surface area contributed by atoms with E-state index in [1.165, 1.54) is 11.1 Å². The molecular formula is C14H15OP. The fourth-order valence-corrected chi connectivity index (χ4v) is 2.68. The van der Waals surface area contributed by atoms with E-state index < -0.39 is 8.15 Å². The van der Waals surface area contributed by atoms with Crippen LogP contribution in [0.4, 0.5) is 0 Å². The van der Waals surface area contributed by atoms with Crippen molar-refractivity contribution in [3.05, 3.63) is 59.7 Å². The Morgan fingerprint density at radius 1 is 0.688 bits per heavy atom. The highest BCUT2D eigenvalue weighted by Gasteiger charge is 2.09. The molecule has 1 nitrogen and oxygen atoms in total. The minimum absolute atomic E-state index is 1.00. The van der Waals surface area contributed by atoms with Crippen molar-refractivity contribution in [1.82, 2.24) is 0 Å². The predicted octanol–water partition coefficient (Wildman–Crippen LogP) is 2.64. The average Bonchev–Trinajstić information content (AvgIpc) is 2.30. The monoisotopic (exact) mass is 230 g/mol. The van der Waals surface area contributed by atoms with Gasteiger partial charge in [0.05, 0.1) is 8.15 Å². The van der Waals surface area contributed by atoms with E-state index in [0.717, 1.165) is 10.6 Å². The van der Waals surface area contributed by atoms with Crippen molar-refractivity contribution < 1.29 is 4.89 Å². The molecule has 0 amide bonds. The first-order valence-electron chi connectivity index (χ1n) is 5.29. The smallest absolute Gasteiger partial charge is 0.0877 e. The molecule has 0 fully saturated rings. The lowest BCUT2D eigenvalue weighted by Crippen LogP contribution is -2.10. The maximum absolute atomic E-state index is 10.2. The van der Waals surface area contributed by atoms with E-state index in [-0.39, 0.29) is 0 Å². The predicted molar refractivity (Wildman–Crippen MR) is 70.8 cm³/mol. The van der Waals surface area contributed by atoms with Crippen molar-refractivity contribution >= 4 is 18.8 Å². The van der Waals surface area contributed by atoms with Crippen LogP contribution in [-0.2, 0) is 0 Å². The van der Waals surface area contributed by atoms with Crippen molar-refractivity contribution in [1.29, 1.82) is 0 Å². The molecule has 0 atom stereocenters. The maximum Gasteiger partial charge on any atom is 0.0877 e. The molecule has 0 saturated heterocycles. The van der Waals surface area contributed by atoms with Crippen LogP contribution < -0.4 is 10.6 Å². The van der Waals surface area contributed by atoms with Gasteiger partial charge in [-0.3, -0.25) is 0 Å². The lowest BCUT2D eigenvalue weighted by atomic mass is 10.2. The molecule has 0 radical (unpaired) electrons. The van der Waals surface area contributed by atoms with Gasteiger partial charge in [0.2, 0.25) is 0 Å². The number of hydrogen-bond donors (Lipinski definition) is 1. The lowest BCUT2D eigenvalue weighted by Gasteiger charge is -2.11. The summed E-state index contributed by atoms with van der Waals surface area (Å²) in [5.41, 5.74) is 2.44. The molecular weight excluding hydrogens is 215 g/mol. The van der Waals surface area contributed by atoms with Gasteiger partial charge in [0.15, 0.2) is 0 Å². The summed E-state index contributed by atoms with van der Waals surface area (Å²) < 4.78 is 0. The van der Waals surface area contributed by atoms with Gasteiger partial charge in [-0.1, -0.05) is 59.7 Å². The fourth-order valence-electron chi connectivity index (χ4n) is 1.52. The standard InChI is InChI=1S/C14H15OP/c1-11-3-7-13(8-4-11)16(15)14-9-5-12(2)6-10-14/h3-10,15H,1-2H3. The zero-order chi connectivity index (χ0) is 11.5. The Morgan fingerprint density at radius 2 is 1.00 bits per heavy atom. The minimum atomic E-state index is -1.20. The summed E-state index contributed by atoms with van der Waals surface area (Å²) in [4.78, 5) is 10.2. The Balaban J connectivity index is 2.28. The van der Waals surface area contributed by atoms with Crippen molar-refractivity contribution in [2.24, 2.45) is 0 Å². The molecule has 0 aliphatic heterocycles. The highest BCUT2D eigenvalue weighted by atomic mass is 31.1. The third-order valence-electron chi connectivity index (χ3n) is 2.56. The molecule has 0 aliphatic carbocycles. The second-order valence-corrected chi connectivity index (χ2v) is 5.64. The molecule has 16 heavy (non-hydrogen) atoms. The van der Waals surface area contributed by atoms with E-state index in [1.54, 1.807) is 0 Å². The van der Waals surface area contributed by atoms with Crippen molar-refractivity contribution in [3.63, 3.8) is 0 Å². The third-order valence-corrected chi connectivity index (χ3v) is 4.13. The molecule has 2 rings (SSSR count). The number of hydrogen-bond acceptors (Lipinski definition) is 1. The molecule has 0 bridgehead atoms. The van der Waals surface area contributed by atoms with Gasteiger partial charge < -0.3 is 4.89 Å². The highest BCUT2D eigenvalue weighted by molar-refractivity contribution is 7.67. The lowest BCUT2D eigenvalue weighted by molar-refractivity contribution is 0.644. The molecule has 0 heterocycles. The molecule has 2 aromatic rings. The van der Waals surface area contributed by atoms with Crippen LogP contribution in [0.15, 0.2) is 48.5 Å². The maximum atomic E-state index is 10.2. The summed E-state index contributed by atoms with van der Waals surface area (Å²) in [5, 5.41) is 2.01. The summed E-state index contributed by atoms with van der Waals surface area (Å²) in [7, 11) is -1.20. The van der Waals surface area contributed by atoms with Crippen LogP contribution in [0.3, 0.4) is 0 Å². The summed E-state index contributed by atoms with van der Waals surface area (Å²) >= 11 is 0. The first kappa shape index (κ1) is 11.3. The largest absolute Gasteiger partial charge is 0.364 e. The molecule has 0 unspecified atom stereocenters. The Kier molecular flexibility index (Phi) is 3.38. The van der Waals surface area contributed by atoms with Crippen LogP contribution in [0, 0.1) is 13.8 Å². The van der Waals surface area contributed by atoms with Crippen LogP contribution in [0.5, 0.6) is 0 Å². The van der Waals surface area contributed by atoms with E-state index in [2.05, 4.69) is 13.8 Å². The first-order valence-corrected chi connectivity index (χ1v) is 6.58. The molecule has 0 aliphatic rings. The minimum Gasteiger partial charge on any atom is -0.364 e. The van der Waals surface area contributed by atoms with Crippen molar-refractivity contribution in [2.75, 3.05) is 0 Å². The van der Waals surface area contributed by atoms with E-state index in [1.807, 2.05) is 48.5 Å². The normalized spacial score (nSPS) is 10.8. The van der Waals surface area contributed by atoms with Crippen molar-refractivity contribution in [2.45, 2.75) is 13.8 Å². The first-order chi connectivity index (χ1) is 7.66. The van der Waals surface area contributed by atoms with Gasteiger partial charge in [0, 0.05) is 10.6 Å². The van der Waals surface area contributed by atoms with E-state index in [4.69, 9.17) is 0 Å². The van der Waals surface area contributed by atoms with Gasteiger partial charge in [0.1, 0.15) is 0 Å². The second-order valence-electron chi connectivity index (χ2n) is 3.98. The van der Waals surface area contributed by atoms with Gasteiger partial charge in [-0.25, -0.2) is 0 Å². The molecule has 0 spiro atoms. The zero-order valence-electron chi connectivity index (χ0n) is 9.51. The van der Waals surface area contributed by atoms with Gasteiger partial charge in [-0.05, 0) is 13.8 Å². The molecule has 0 saturated carbocycles. The summed E-state index contributed by atoms with van der Waals surface area (Å²) in [6, 6.07) is 16.2. The SMILES string of the molecule is Cc1ccc(P(O)c2ccc(C)cc2)cc1. The van der Waals surface area contributed by atoms with Gasteiger partial charge in [-0.15, -0.1) is 0 Å². The highest BCUT2D eigenvalue weighted by Crippen LogP contribution is 2.27. The molecule has 0 aromatic heterocycles. The fraction of sp³-hybridized carbons (Fsp3) is 0.143. The Morgan fingerprint density at radius 3 is 1.31 bits per heavy atom.